The van der Waals surface area contributed by atoms with Crippen LogP contribution in [-0.2, 0) is 0 Å². The molecular formula is C11H17N5. The van der Waals surface area contributed by atoms with Crippen LogP contribution in [0.1, 0.15) is 51.8 Å². The lowest BCUT2D eigenvalue weighted by Crippen LogP contribution is -2.07. The summed E-state index contributed by atoms with van der Waals surface area (Å²) in [6.45, 7) is 8.44. The Hall–Kier alpha value is -1.52. The topological polar surface area (TPSA) is 56.5 Å². The van der Waals surface area contributed by atoms with Crippen molar-refractivity contribution in [1.29, 1.82) is 0 Å². The van der Waals surface area contributed by atoms with Crippen molar-refractivity contribution in [3.8, 4) is 0 Å². The Balaban J connectivity index is 2.55. The molecule has 2 aromatic heterocycles. The highest BCUT2D eigenvalue weighted by molar-refractivity contribution is 5.64. The number of rotatable bonds is 3. The summed E-state index contributed by atoms with van der Waals surface area (Å²) in [5.74, 6) is 0.372. The zero-order valence-electron chi connectivity index (χ0n) is 10.2. The highest BCUT2D eigenvalue weighted by Crippen LogP contribution is 2.17. The molecule has 5 heteroatoms. The van der Waals surface area contributed by atoms with Crippen LogP contribution < -0.4 is 0 Å². The van der Waals surface area contributed by atoms with Crippen LogP contribution in [0.15, 0.2) is 6.20 Å². The highest BCUT2D eigenvalue weighted by Gasteiger charge is 2.13. The summed E-state index contributed by atoms with van der Waals surface area (Å²) < 4.78 is 1.86. The maximum absolute atomic E-state index is 4.58. The van der Waals surface area contributed by atoms with E-state index in [2.05, 4.69) is 48.0 Å². The summed E-state index contributed by atoms with van der Waals surface area (Å²) in [4.78, 5) is 8.86. The van der Waals surface area contributed by atoms with E-state index in [0.29, 0.717) is 17.6 Å². The second kappa shape index (κ2) is 4.15. The van der Waals surface area contributed by atoms with E-state index in [1.165, 1.54) is 0 Å². The average molecular weight is 219 g/mol. The van der Waals surface area contributed by atoms with Crippen LogP contribution in [0.5, 0.6) is 0 Å². The lowest BCUT2D eigenvalue weighted by Gasteiger charge is -2.09. The van der Waals surface area contributed by atoms with Crippen LogP contribution in [0.25, 0.3) is 11.3 Å². The zero-order valence-corrected chi connectivity index (χ0v) is 10.2. The van der Waals surface area contributed by atoms with E-state index in [0.717, 1.165) is 17.8 Å². The molecular weight excluding hydrogens is 202 g/mol. The lowest BCUT2D eigenvalue weighted by atomic mass is 10.1. The van der Waals surface area contributed by atoms with Crippen molar-refractivity contribution in [2.75, 3.05) is 0 Å². The maximum atomic E-state index is 4.58. The largest absolute Gasteiger partial charge is 0.230 e. The van der Waals surface area contributed by atoms with Crippen LogP contribution in [0.3, 0.4) is 0 Å². The molecule has 0 aliphatic carbocycles. The normalized spacial score (nSPS) is 13.6. The summed E-state index contributed by atoms with van der Waals surface area (Å²) in [6.07, 6.45) is 2.79. The Bertz CT molecular complexity index is 488. The van der Waals surface area contributed by atoms with Gasteiger partial charge in [0.05, 0.1) is 17.9 Å². The molecule has 0 bridgehead atoms. The van der Waals surface area contributed by atoms with Crippen molar-refractivity contribution in [2.24, 2.45) is 0 Å². The molecule has 0 N–H and O–H groups in total. The SMILES string of the molecule is CCC(C)n1nnc2ncc(C(C)C)nc21. The van der Waals surface area contributed by atoms with Gasteiger partial charge in [-0.15, -0.1) is 5.10 Å². The first-order valence-electron chi connectivity index (χ1n) is 5.71. The van der Waals surface area contributed by atoms with Gasteiger partial charge in [0.25, 0.3) is 0 Å². The van der Waals surface area contributed by atoms with Gasteiger partial charge in [-0.2, -0.15) is 0 Å². The van der Waals surface area contributed by atoms with Gasteiger partial charge in [0.15, 0.2) is 5.65 Å². The summed E-state index contributed by atoms with van der Waals surface area (Å²) in [6, 6.07) is 0.307. The molecule has 0 aliphatic rings. The highest BCUT2D eigenvalue weighted by atomic mass is 15.5. The van der Waals surface area contributed by atoms with Gasteiger partial charge < -0.3 is 0 Å². The third-order valence-electron chi connectivity index (χ3n) is 2.81. The second-order valence-electron chi connectivity index (χ2n) is 4.39. The Morgan fingerprint density at radius 1 is 1.31 bits per heavy atom. The quantitative estimate of drug-likeness (QED) is 0.795. The Morgan fingerprint density at radius 2 is 2.06 bits per heavy atom. The third-order valence-corrected chi connectivity index (χ3v) is 2.81. The Morgan fingerprint density at radius 3 is 2.69 bits per heavy atom. The molecule has 1 unspecified atom stereocenters. The van der Waals surface area contributed by atoms with Crippen molar-refractivity contribution in [3.05, 3.63) is 11.9 Å². The Kier molecular flexibility index (Phi) is 2.85. The number of aromatic nitrogens is 5. The summed E-state index contributed by atoms with van der Waals surface area (Å²) in [7, 11) is 0. The molecule has 2 aromatic rings. The van der Waals surface area contributed by atoms with Crippen LogP contribution in [0.2, 0.25) is 0 Å². The van der Waals surface area contributed by atoms with E-state index in [9.17, 15) is 0 Å². The first-order chi connectivity index (χ1) is 7.63. The van der Waals surface area contributed by atoms with Gasteiger partial charge in [-0.3, -0.25) is 0 Å². The van der Waals surface area contributed by atoms with E-state index in [1.807, 2.05) is 4.68 Å². The molecule has 0 fully saturated rings. The molecule has 1 atom stereocenters. The molecule has 0 saturated carbocycles. The molecule has 0 aliphatic heterocycles. The van der Waals surface area contributed by atoms with Crippen molar-refractivity contribution in [1.82, 2.24) is 25.0 Å². The van der Waals surface area contributed by atoms with Crippen molar-refractivity contribution < 1.29 is 0 Å². The number of nitrogens with zero attached hydrogens (tertiary/aromatic N) is 5. The van der Waals surface area contributed by atoms with E-state index in [1.54, 1.807) is 6.20 Å². The molecule has 0 spiro atoms. The minimum atomic E-state index is 0.307. The van der Waals surface area contributed by atoms with Crippen molar-refractivity contribution in [3.63, 3.8) is 0 Å². The predicted molar refractivity (Wildman–Crippen MR) is 62.2 cm³/mol. The smallest absolute Gasteiger partial charge is 0.221 e. The van der Waals surface area contributed by atoms with Gasteiger partial charge in [-0.05, 0) is 19.3 Å². The molecule has 0 saturated heterocycles. The van der Waals surface area contributed by atoms with E-state index in [-0.39, 0.29) is 0 Å². The fourth-order valence-corrected chi connectivity index (χ4v) is 1.49. The molecule has 86 valence electrons. The molecule has 2 heterocycles. The molecule has 0 radical (unpaired) electrons. The van der Waals surface area contributed by atoms with Crippen molar-refractivity contribution >= 4 is 11.3 Å². The monoisotopic (exact) mass is 219 g/mol. The average Bonchev–Trinajstić information content (AvgIpc) is 2.70. The molecule has 2 rings (SSSR count). The van der Waals surface area contributed by atoms with Gasteiger partial charge in [0.1, 0.15) is 0 Å². The van der Waals surface area contributed by atoms with Gasteiger partial charge in [-0.1, -0.05) is 26.0 Å². The standard InChI is InChI=1S/C11H17N5/c1-5-8(4)16-11-10(14-15-16)12-6-9(13-11)7(2)3/h6-8H,5H2,1-4H3. The van der Waals surface area contributed by atoms with E-state index >= 15 is 0 Å². The number of fused-ring (bicyclic) bond motifs is 1. The molecule has 16 heavy (non-hydrogen) atoms. The van der Waals surface area contributed by atoms with Crippen molar-refractivity contribution in [2.45, 2.75) is 46.1 Å². The van der Waals surface area contributed by atoms with Gasteiger partial charge >= 0.3 is 0 Å². The predicted octanol–water partition coefficient (Wildman–Crippen LogP) is 2.32. The number of hydrogen-bond acceptors (Lipinski definition) is 4. The van der Waals surface area contributed by atoms with E-state index in [4.69, 9.17) is 0 Å². The lowest BCUT2D eigenvalue weighted by molar-refractivity contribution is 0.474. The fraction of sp³-hybridized carbons (Fsp3) is 0.636. The first kappa shape index (κ1) is 11.0. The maximum Gasteiger partial charge on any atom is 0.221 e. The van der Waals surface area contributed by atoms with Crippen LogP contribution in [0, 0.1) is 0 Å². The second-order valence-corrected chi connectivity index (χ2v) is 4.39. The van der Waals surface area contributed by atoms with Crippen LogP contribution >= 0.6 is 0 Å². The van der Waals surface area contributed by atoms with Crippen LogP contribution in [-0.4, -0.2) is 25.0 Å². The molecule has 0 aromatic carbocycles. The zero-order chi connectivity index (χ0) is 11.7. The summed E-state index contributed by atoms with van der Waals surface area (Å²) in [5, 5.41) is 8.14. The minimum absolute atomic E-state index is 0.307. The number of hydrogen-bond donors (Lipinski definition) is 0. The van der Waals surface area contributed by atoms with Crippen LogP contribution in [0.4, 0.5) is 0 Å². The first-order valence-corrected chi connectivity index (χ1v) is 5.71. The third kappa shape index (κ3) is 1.77. The summed E-state index contributed by atoms with van der Waals surface area (Å²) >= 11 is 0. The molecule has 0 amide bonds. The van der Waals surface area contributed by atoms with E-state index < -0.39 is 0 Å². The van der Waals surface area contributed by atoms with Gasteiger partial charge in [0, 0.05) is 0 Å². The molecule has 5 nitrogen and oxygen atoms in total. The Labute approximate surface area is 94.9 Å². The van der Waals surface area contributed by atoms with Gasteiger partial charge in [0.2, 0.25) is 5.65 Å². The van der Waals surface area contributed by atoms with Gasteiger partial charge in [-0.25, -0.2) is 14.6 Å². The minimum Gasteiger partial charge on any atom is -0.230 e. The fourth-order valence-electron chi connectivity index (χ4n) is 1.49. The summed E-state index contributed by atoms with van der Waals surface area (Å²) in [5.41, 5.74) is 2.41.